The number of amides is 2. The van der Waals surface area contributed by atoms with Crippen LogP contribution in [-0.4, -0.2) is 50.9 Å². The standard InChI is InChI=1S/C18H22N4O5S/c1-28-8-7-15(21-18(26)27-12-13-5-3-2-4-6-13)17(25)20-14-9-19-22(10-14)11-16(23)24/h2-6,9-10,15H,7-8,11-12H2,1H3,(H,20,25)(H,21,26)(H,23,24)/t15-/m0/s1. The Morgan fingerprint density at radius 1 is 1.29 bits per heavy atom. The number of carbonyl (C=O) groups excluding carboxylic acids is 2. The molecule has 0 aliphatic heterocycles. The summed E-state index contributed by atoms with van der Waals surface area (Å²) >= 11 is 1.55. The fourth-order valence-electron chi connectivity index (χ4n) is 2.29. The Labute approximate surface area is 166 Å². The van der Waals surface area contributed by atoms with Crippen LogP contribution in [0.15, 0.2) is 42.7 Å². The van der Waals surface area contributed by atoms with Crippen LogP contribution in [0.4, 0.5) is 10.5 Å². The minimum Gasteiger partial charge on any atom is -0.480 e. The van der Waals surface area contributed by atoms with Gasteiger partial charge in [-0.3, -0.25) is 14.3 Å². The van der Waals surface area contributed by atoms with Gasteiger partial charge in [-0.05, 0) is 24.0 Å². The quantitative estimate of drug-likeness (QED) is 0.551. The lowest BCUT2D eigenvalue weighted by Crippen LogP contribution is -2.44. The van der Waals surface area contributed by atoms with Crippen LogP contribution in [0.1, 0.15) is 12.0 Å². The van der Waals surface area contributed by atoms with Gasteiger partial charge in [-0.15, -0.1) is 0 Å². The molecule has 0 fully saturated rings. The van der Waals surface area contributed by atoms with Gasteiger partial charge in [-0.1, -0.05) is 30.3 Å². The average molecular weight is 406 g/mol. The number of rotatable bonds is 10. The van der Waals surface area contributed by atoms with Crippen molar-refractivity contribution in [1.29, 1.82) is 0 Å². The highest BCUT2D eigenvalue weighted by atomic mass is 32.2. The molecule has 3 N–H and O–H groups in total. The van der Waals surface area contributed by atoms with E-state index in [0.717, 1.165) is 5.56 Å². The summed E-state index contributed by atoms with van der Waals surface area (Å²) in [6.07, 6.45) is 4.38. The number of nitrogens with zero attached hydrogens (tertiary/aromatic N) is 2. The normalized spacial score (nSPS) is 11.5. The van der Waals surface area contributed by atoms with E-state index in [-0.39, 0.29) is 13.2 Å². The van der Waals surface area contributed by atoms with Crippen LogP contribution >= 0.6 is 11.8 Å². The van der Waals surface area contributed by atoms with Crippen molar-refractivity contribution in [2.75, 3.05) is 17.3 Å². The van der Waals surface area contributed by atoms with Gasteiger partial charge in [0, 0.05) is 6.20 Å². The second-order valence-corrected chi connectivity index (χ2v) is 6.84. The number of thioether (sulfide) groups is 1. The van der Waals surface area contributed by atoms with Crippen molar-refractivity contribution in [2.45, 2.75) is 25.6 Å². The first-order chi connectivity index (χ1) is 13.5. The lowest BCUT2D eigenvalue weighted by Gasteiger charge is -2.17. The predicted molar refractivity (Wildman–Crippen MR) is 105 cm³/mol. The van der Waals surface area contributed by atoms with Crippen molar-refractivity contribution < 1.29 is 24.2 Å². The van der Waals surface area contributed by atoms with Gasteiger partial charge in [-0.25, -0.2) is 4.79 Å². The van der Waals surface area contributed by atoms with Gasteiger partial charge in [0.2, 0.25) is 5.91 Å². The molecule has 0 aliphatic rings. The zero-order valence-electron chi connectivity index (χ0n) is 15.3. The van der Waals surface area contributed by atoms with E-state index < -0.39 is 24.0 Å². The predicted octanol–water partition coefficient (Wildman–Crippen LogP) is 1.95. The number of benzene rings is 1. The molecule has 0 saturated heterocycles. The Kier molecular flexibility index (Phi) is 8.35. The minimum atomic E-state index is -1.04. The Morgan fingerprint density at radius 3 is 2.71 bits per heavy atom. The fourth-order valence-corrected chi connectivity index (χ4v) is 2.77. The molecule has 2 amide bonds. The number of carboxylic acid groups (broad SMARTS) is 1. The largest absolute Gasteiger partial charge is 0.480 e. The van der Waals surface area contributed by atoms with E-state index in [1.165, 1.54) is 17.1 Å². The summed E-state index contributed by atoms with van der Waals surface area (Å²) in [7, 11) is 0. The van der Waals surface area contributed by atoms with Crippen molar-refractivity contribution >= 4 is 35.4 Å². The monoisotopic (exact) mass is 406 g/mol. The van der Waals surface area contributed by atoms with Crippen molar-refractivity contribution in [3.8, 4) is 0 Å². The van der Waals surface area contributed by atoms with Crippen LogP contribution in [0.2, 0.25) is 0 Å². The second-order valence-electron chi connectivity index (χ2n) is 5.85. The number of aliphatic carboxylic acids is 1. The minimum absolute atomic E-state index is 0.103. The Hall–Kier alpha value is -3.01. The maximum absolute atomic E-state index is 12.5. The van der Waals surface area contributed by atoms with Gasteiger partial charge in [0.05, 0.1) is 11.9 Å². The zero-order valence-corrected chi connectivity index (χ0v) is 16.1. The summed E-state index contributed by atoms with van der Waals surface area (Å²) in [6, 6.07) is 8.43. The molecular formula is C18H22N4O5S. The highest BCUT2D eigenvalue weighted by molar-refractivity contribution is 7.98. The second kappa shape index (κ2) is 11.0. The van der Waals surface area contributed by atoms with Crippen LogP contribution < -0.4 is 10.6 Å². The van der Waals surface area contributed by atoms with Crippen LogP contribution in [-0.2, 0) is 27.5 Å². The molecule has 2 rings (SSSR count). The first-order valence-corrected chi connectivity index (χ1v) is 9.88. The molecule has 1 atom stereocenters. The van der Waals surface area contributed by atoms with Crippen LogP contribution in [0.3, 0.4) is 0 Å². The average Bonchev–Trinajstić information content (AvgIpc) is 3.10. The number of anilines is 1. The van der Waals surface area contributed by atoms with Crippen molar-refractivity contribution in [3.63, 3.8) is 0 Å². The molecule has 1 aromatic heterocycles. The third kappa shape index (κ3) is 7.31. The van der Waals surface area contributed by atoms with E-state index >= 15 is 0 Å². The van der Waals surface area contributed by atoms with Crippen molar-refractivity contribution in [1.82, 2.24) is 15.1 Å². The van der Waals surface area contributed by atoms with Crippen molar-refractivity contribution in [3.05, 3.63) is 48.3 Å². The molecular weight excluding hydrogens is 384 g/mol. The number of alkyl carbamates (subject to hydrolysis) is 1. The van der Waals surface area contributed by atoms with Crippen LogP contribution in [0.25, 0.3) is 0 Å². The summed E-state index contributed by atoms with van der Waals surface area (Å²) in [6.45, 7) is -0.207. The summed E-state index contributed by atoms with van der Waals surface area (Å²) < 4.78 is 6.36. The van der Waals surface area contributed by atoms with Crippen LogP contribution in [0.5, 0.6) is 0 Å². The number of carbonyl (C=O) groups is 3. The molecule has 0 radical (unpaired) electrons. The Morgan fingerprint density at radius 2 is 2.04 bits per heavy atom. The van der Waals surface area contributed by atoms with Gasteiger partial charge in [-0.2, -0.15) is 16.9 Å². The smallest absolute Gasteiger partial charge is 0.408 e. The van der Waals surface area contributed by atoms with Gasteiger partial charge in [0.15, 0.2) is 0 Å². The number of hydrogen-bond acceptors (Lipinski definition) is 6. The van der Waals surface area contributed by atoms with Gasteiger partial charge in [0.25, 0.3) is 0 Å². The Bertz CT molecular complexity index is 796. The van der Waals surface area contributed by atoms with E-state index in [1.54, 1.807) is 11.8 Å². The molecule has 0 spiro atoms. The number of hydrogen-bond donors (Lipinski definition) is 3. The summed E-state index contributed by atoms with van der Waals surface area (Å²) in [5.41, 5.74) is 1.19. The molecule has 2 aromatic rings. The first kappa shape index (κ1) is 21.3. The zero-order chi connectivity index (χ0) is 20.4. The third-order valence-corrected chi connectivity index (χ3v) is 4.27. The molecule has 9 nitrogen and oxygen atoms in total. The topological polar surface area (TPSA) is 123 Å². The van der Waals surface area contributed by atoms with Gasteiger partial charge < -0.3 is 20.5 Å². The molecule has 10 heteroatoms. The third-order valence-electron chi connectivity index (χ3n) is 3.63. The number of carboxylic acids is 1. The molecule has 150 valence electrons. The van der Waals surface area contributed by atoms with E-state index in [4.69, 9.17) is 9.84 Å². The SMILES string of the molecule is CSCC[C@H](NC(=O)OCc1ccccc1)C(=O)Nc1cnn(CC(=O)O)c1. The maximum atomic E-state index is 12.5. The van der Waals surface area contributed by atoms with E-state index in [9.17, 15) is 14.4 Å². The van der Waals surface area contributed by atoms with Crippen molar-refractivity contribution in [2.24, 2.45) is 0 Å². The lowest BCUT2D eigenvalue weighted by atomic mass is 10.2. The van der Waals surface area contributed by atoms with Gasteiger partial charge in [0.1, 0.15) is 19.2 Å². The molecule has 28 heavy (non-hydrogen) atoms. The van der Waals surface area contributed by atoms with E-state index in [0.29, 0.717) is 17.9 Å². The number of nitrogens with one attached hydrogen (secondary N) is 2. The van der Waals surface area contributed by atoms with E-state index in [2.05, 4.69) is 15.7 Å². The molecule has 1 heterocycles. The van der Waals surface area contributed by atoms with Crippen LogP contribution in [0, 0.1) is 0 Å². The van der Waals surface area contributed by atoms with E-state index in [1.807, 2.05) is 36.6 Å². The summed E-state index contributed by atoms with van der Waals surface area (Å²) in [5.74, 6) is -0.808. The molecule has 0 saturated carbocycles. The number of ether oxygens (including phenoxy) is 1. The number of aromatic nitrogens is 2. The lowest BCUT2D eigenvalue weighted by molar-refractivity contribution is -0.137. The first-order valence-electron chi connectivity index (χ1n) is 8.49. The highest BCUT2D eigenvalue weighted by Crippen LogP contribution is 2.09. The molecule has 0 unspecified atom stereocenters. The molecule has 0 aliphatic carbocycles. The maximum Gasteiger partial charge on any atom is 0.408 e. The highest BCUT2D eigenvalue weighted by Gasteiger charge is 2.22. The molecule has 1 aromatic carbocycles. The summed E-state index contributed by atoms with van der Waals surface area (Å²) in [4.78, 5) is 35.3. The van der Waals surface area contributed by atoms with Gasteiger partial charge >= 0.3 is 12.1 Å². The summed E-state index contributed by atoms with van der Waals surface area (Å²) in [5, 5.41) is 17.8. The fraction of sp³-hybridized carbons (Fsp3) is 0.333. The Balaban J connectivity index is 1.91. The molecule has 0 bridgehead atoms.